The lowest BCUT2D eigenvalue weighted by Crippen LogP contribution is -2.36. The minimum absolute atomic E-state index is 0.160. The molecule has 0 fully saturated rings. The molecule has 1 heterocycles. The van der Waals surface area contributed by atoms with E-state index in [4.69, 9.17) is 0 Å². The van der Waals surface area contributed by atoms with Crippen molar-refractivity contribution in [3.05, 3.63) is 52.0 Å². The van der Waals surface area contributed by atoms with E-state index in [9.17, 15) is 19.1 Å². The van der Waals surface area contributed by atoms with Crippen LogP contribution in [0.3, 0.4) is 0 Å². The summed E-state index contributed by atoms with van der Waals surface area (Å²) in [4.78, 5) is 24.2. The number of nitrogens with one attached hydrogen (secondary N) is 2. The van der Waals surface area contributed by atoms with E-state index in [0.717, 1.165) is 10.9 Å². The van der Waals surface area contributed by atoms with Gasteiger partial charge < -0.3 is 15.7 Å². The van der Waals surface area contributed by atoms with Crippen LogP contribution in [0.1, 0.15) is 23.0 Å². The molecule has 0 aliphatic carbocycles. The normalized spacial score (nSPS) is 11.8. The fraction of sp³-hybridized carbons (Fsp3) is 0.250. The van der Waals surface area contributed by atoms with Gasteiger partial charge in [0.1, 0.15) is 5.82 Å². The third-order valence-electron chi connectivity index (χ3n) is 3.21. The SMILES string of the molecule is Cc1ccc(NC(=O)C(=O)NCCC(O)c2cccs2)cc1F. The number of aliphatic hydroxyl groups is 1. The molecule has 0 aliphatic rings. The molecule has 2 amide bonds. The molecule has 2 aromatic rings. The molecular weight excluding hydrogens is 319 g/mol. The van der Waals surface area contributed by atoms with Crippen molar-refractivity contribution in [2.75, 3.05) is 11.9 Å². The quantitative estimate of drug-likeness (QED) is 0.734. The molecule has 5 nitrogen and oxygen atoms in total. The third-order valence-corrected chi connectivity index (χ3v) is 4.18. The van der Waals surface area contributed by atoms with Crippen molar-refractivity contribution >= 4 is 28.8 Å². The predicted octanol–water partition coefficient (Wildman–Crippen LogP) is 2.37. The number of carbonyl (C=O) groups is 2. The molecule has 1 aromatic carbocycles. The molecule has 7 heteroatoms. The molecule has 2 rings (SSSR count). The summed E-state index contributed by atoms with van der Waals surface area (Å²) in [6.07, 6.45) is -0.372. The van der Waals surface area contributed by atoms with E-state index in [-0.39, 0.29) is 12.2 Å². The summed E-state index contributed by atoms with van der Waals surface area (Å²) < 4.78 is 13.4. The van der Waals surface area contributed by atoms with Crippen molar-refractivity contribution in [1.29, 1.82) is 0 Å². The summed E-state index contributed by atoms with van der Waals surface area (Å²) >= 11 is 1.42. The highest BCUT2D eigenvalue weighted by molar-refractivity contribution is 7.10. The number of rotatable bonds is 5. The third kappa shape index (κ3) is 4.87. The van der Waals surface area contributed by atoms with E-state index < -0.39 is 23.7 Å². The first kappa shape index (κ1) is 17.1. The lowest BCUT2D eigenvalue weighted by atomic mass is 10.2. The van der Waals surface area contributed by atoms with Gasteiger partial charge in [0.25, 0.3) is 0 Å². The van der Waals surface area contributed by atoms with Crippen LogP contribution < -0.4 is 10.6 Å². The van der Waals surface area contributed by atoms with Crippen molar-refractivity contribution in [1.82, 2.24) is 5.32 Å². The molecule has 122 valence electrons. The van der Waals surface area contributed by atoms with Crippen LogP contribution in [0.4, 0.5) is 10.1 Å². The van der Waals surface area contributed by atoms with Crippen LogP contribution in [0.5, 0.6) is 0 Å². The van der Waals surface area contributed by atoms with Crippen LogP contribution in [0.2, 0.25) is 0 Å². The Hall–Kier alpha value is -2.25. The van der Waals surface area contributed by atoms with E-state index >= 15 is 0 Å². The molecule has 0 bridgehead atoms. The van der Waals surface area contributed by atoms with Crippen LogP contribution in [-0.4, -0.2) is 23.5 Å². The molecule has 0 saturated heterocycles. The summed E-state index contributed by atoms with van der Waals surface area (Å²) in [5.74, 6) is -2.16. The van der Waals surface area contributed by atoms with Crippen molar-refractivity contribution in [2.24, 2.45) is 0 Å². The van der Waals surface area contributed by atoms with Gasteiger partial charge in [0.05, 0.1) is 6.10 Å². The Morgan fingerprint density at radius 3 is 2.74 bits per heavy atom. The Morgan fingerprint density at radius 1 is 1.30 bits per heavy atom. The highest BCUT2D eigenvalue weighted by Gasteiger charge is 2.15. The first-order valence-electron chi connectivity index (χ1n) is 7.04. The number of carbonyl (C=O) groups excluding carboxylic acids is 2. The number of hydrogen-bond acceptors (Lipinski definition) is 4. The molecule has 0 aliphatic heterocycles. The smallest absolute Gasteiger partial charge is 0.313 e. The van der Waals surface area contributed by atoms with Crippen LogP contribution in [-0.2, 0) is 9.59 Å². The van der Waals surface area contributed by atoms with Gasteiger partial charge in [0, 0.05) is 17.1 Å². The molecule has 1 atom stereocenters. The van der Waals surface area contributed by atoms with Crippen molar-refractivity contribution in [3.8, 4) is 0 Å². The van der Waals surface area contributed by atoms with Gasteiger partial charge >= 0.3 is 11.8 Å². The van der Waals surface area contributed by atoms with E-state index in [0.29, 0.717) is 12.0 Å². The lowest BCUT2D eigenvalue weighted by molar-refractivity contribution is -0.136. The Bertz CT molecular complexity index is 689. The minimum atomic E-state index is -0.876. The average molecular weight is 336 g/mol. The molecule has 3 N–H and O–H groups in total. The maximum absolute atomic E-state index is 13.4. The van der Waals surface area contributed by atoms with Gasteiger partial charge in [-0.3, -0.25) is 9.59 Å². The molecule has 1 aromatic heterocycles. The number of amides is 2. The van der Waals surface area contributed by atoms with Crippen molar-refractivity contribution in [2.45, 2.75) is 19.4 Å². The van der Waals surface area contributed by atoms with Gasteiger partial charge in [-0.25, -0.2) is 4.39 Å². The van der Waals surface area contributed by atoms with E-state index in [1.807, 2.05) is 11.4 Å². The van der Waals surface area contributed by atoms with E-state index in [2.05, 4.69) is 10.6 Å². The maximum Gasteiger partial charge on any atom is 0.313 e. The Balaban J connectivity index is 1.78. The number of hydrogen-bond donors (Lipinski definition) is 3. The summed E-state index contributed by atoms with van der Waals surface area (Å²) in [7, 11) is 0. The average Bonchev–Trinajstić information content (AvgIpc) is 3.05. The predicted molar refractivity (Wildman–Crippen MR) is 86.7 cm³/mol. The summed E-state index contributed by atoms with van der Waals surface area (Å²) in [6, 6.07) is 7.82. The summed E-state index contributed by atoms with van der Waals surface area (Å²) in [5, 5.41) is 16.5. The Labute approximate surface area is 137 Å². The van der Waals surface area contributed by atoms with Crippen LogP contribution >= 0.6 is 11.3 Å². The Morgan fingerprint density at radius 2 is 2.09 bits per heavy atom. The van der Waals surface area contributed by atoms with Crippen molar-refractivity contribution in [3.63, 3.8) is 0 Å². The highest BCUT2D eigenvalue weighted by Crippen LogP contribution is 2.20. The largest absolute Gasteiger partial charge is 0.388 e. The topological polar surface area (TPSA) is 78.4 Å². The van der Waals surface area contributed by atoms with E-state index in [1.54, 1.807) is 13.0 Å². The zero-order chi connectivity index (χ0) is 16.8. The molecule has 23 heavy (non-hydrogen) atoms. The highest BCUT2D eigenvalue weighted by atomic mass is 32.1. The second kappa shape index (κ2) is 7.85. The van der Waals surface area contributed by atoms with Gasteiger partial charge in [-0.1, -0.05) is 12.1 Å². The lowest BCUT2D eigenvalue weighted by Gasteiger charge is -2.10. The van der Waals surface area contributed by atoms with Crippen LogP contribution in [0.25, 0.3) is 0 Å². The second-order valence-corrected chi connectivity index (χ2v) is 5.97. The second-order valence-electron chi connectivity index (χ2n) is 4.99. The minimum Gasteiger partial charge on any atom is -0.388 e. The van der Waals surface area contributed by atoms with Crippen LogP contribution in [0, 0.1) is 12.7 Å². The van der Waals surface area contributed by atoms with Gasteiger partial charge in [-0.15, -0.1) is 11.3 Å². The number of thiophene rings is 1. The van der Waals surface area contributed by atoms with Crippen LogP contribution in [0.15, 0.2) is 35.7 Å². The summed E-state index contributed by atoms with van der Waals surface area (Å²) in [6.45, 7) is 1.76. The standard InChI is InChI=1S/C16H17FN2O3S/c1-10-4-5-11(9-12(10)17)19-16(22)15(21)18-7-6-13(20)14-3-2-8-23-14/h2-5,8-9,13,20H,6-7H2,1H3,(H,18,21)(H,19,22). The fourth-order valence-electron chi connectivity index (χ4n) is 1.88. The molecular formula is C16H17FN2O3S. The van der Waals surface area contributed by atoms with Crippen molar-refractivity contribution < 1.29 is 19.1 Å². The van der Waals surface area contributed by atoms with Gasteiger partial charge in [-0.05, 0) is 42.5 Å². The van der Waals surface area contributed by atoms with E-state index in [1.165, 1.54) is 23.5 Å². The number of anilines is 1. The molecule has 1 unspecified atom stereocenters. The monoisotopic (exact) mass is 336 g/mol. The number of aliphatic hydroxyl groups excluding tert-OH is 1. The number of aryl methyl sites for hydroxylation is 1. The molecule has 0 spiro atoms. The Kier molecular flexibility index (Phi) is 5.84. The number of benzene rings is 1. The summed E-state index contributed by atoms with van der Waals surface area (Å²) in [5.41, 5.74) is 0.668. The first-order chi connectivity index (χ1) is 11.0. The van der Waals surface area contributed by atoms with Gasteiger partial charge in [0.15, 0.2) is 0 Å². The zero-order valence-corrected chi connectivity index (χ0v) is 13.3. The zero-order valence-electron chi connectivity index (χ0n) is 12.5. The van der Waals surface area contributed by atoms with Gasteiger partial charge in [-0.2, -0.15) is 0 Å². The fourth-order valence-corrected chi connectivity index (χ4v) is 2.63. The first-order valence-corrected chi connectivity index (χ1v) is 7.92. The molecule has 0 saturated carbocycles. The molecule has 0 radical (unpaired) electrons. The van der Waals surface area contributed by atoms with Gasteiger partial charge in [0.2, 0.25) is 0 Å². The number of halogens is 1. The maximum atomic E-state index is 13.4.